The van der Waals surface area contributed by atoms with E-state index in [0.717, 1.165) is 10.9 Å². The molecule has 0 saturated carbocycles. The van der Waals surface area contributed by atoms with Crippen LogP contribution < -0.4 is 5.73 Å². The zero-order valence-electron chi connectivity index (χ0n) is 6.70. The molecule has 0 radical (unpaired) electrons. The molecule has 0 bridgehead atoms. The van der Waals surface area contributed by atoms with Crippen molar-refractivity contribution >= 4 is 40.6 Å². The van der Waals surface area contributed by atoms with Crippen molar-refractivity contribution in [2.75, 3.05) is 5.73 Å². The van der Waals surface area contributed by atoms with E-state index in [-0.39, 0.29) is 12.4 Å². The maximum atomic E-state index is 5.94. The predicted molar refractivity (Wildman–Crippen MR) is 58.4 cm³/mol. The summed E-state index contributed by atoms with van der Waals surface area (Å²) >= 11 is 5.94. The average molecular weight is 215 g/mol. The highest BCUT2D eigenvalue weighted by molar-refractivity contribution is 6.36. The van der Waals surface area contributed by atoms with E-state index < -0.39 is 0 Å². The molecule has 1 aromatic heterocycles. The van der Waals surface area contributed by atoms with E-state index in [9.17, 15) is 0 Å². The van der Waals surface area contributed by atoms with Crippen LogP contribution >= 0.6 is 24.0 Å². The van der Waals surface area contributed by atoms with E-state index >= 15 is 0 Å². The van der Waals surface area contributed by atoms with Gasteiger partial charge in [0.2, 0.25) is 0 Å². The largest absolute Gasteiger partial charge is 0.398 e. The predicted octanol–water partition coefficient (Wildman–Crippen LogP) is 2.89. The number of hydrogen-bond donors (Lipinski definition) is 1. The Morgan fingerprint density at radius 3 is 2.69 bits per heavy atom. The fraction of sp³-hybridized carbons (Fsp3) is 0. The first kappa shape index (κ1) is 10.1. The molecule has 68 valence electrons. The molecule has 2 aromatic rings. The summed E-state index contributed by atoms with van der Waals surface area (Å²) in [5.74, 6) is 0. The Morgan fingerprint density at radius 1 is 1.23 bits per heavy atom. The van der Waals surface area contributed by atoms with Gasteiger partial charge < -0.3 is 5.73 Å². The molecule has 2 nitrogen and oxygen atoms in total. The number of halogens is 2. The topological polar surface area (TPSA) is 38.9 Å². The summed E-state index contributed by atoms with van der Waals surface area (Å²) < 4.78 is 0. The first-order valence-corrected chi connectivity index (χ1v) is 3.95. The van der Waals surface area contributed by atoms with Crippen molar-refractivity contribution in [3.63, 3.8) is 0 Å². The SMILES string of the molecule is Cl.Nc1ccnc2cccc(Cl)c12. The summed E-state index contributed by atoms with van der Waals surface area (Å²) in [5.41, 5.74) is 7.24. The highest BCUT2D eigenvalue weighted by Gasteiger charge is 2.01. The van der Waals surface area contributed by atoms with Crippen molar-refractivity contribution in [3.05, 3.63) is 35.5 Å². The van der Waals surface area contributed by atoms with Gasteiger partial charge in [-0.05, 0) is 18.2 Å². The number of rotatable bonds is 0. The van der Waals surface area contributed by atoms with Gasteiger partial charge in [-0.1, -0.05) is 17.7 Å². The van der Waals surface area contributed by atoms with Crippen LogP contribution in [0.5, 0.6) is 0 Å². The van der Waals surface area contributed by atoms with Crippen molar-refractivity contribution in [2.24, 2.45) is 0 Å². The molecular weight excluding hydrogens is 207 g/mol. The van der Waals surface area contributed by atoms with E-state index in [1.165, 1.54) is 0 Å². The molecule has 1 heterocycles. The van der Waals surface area contributed by atoms with E-state index in [1.54, 1.807) is 12.3 Å². The third-order valence-electron chi connectivity index (χ3n) is 1.75. The molecule has 0 amide bonds. The smallest absolute Gasteiger partial charge is 0.0737 e. The zero-order chi connectivity index (χ0) is 8.55. The van der Waals surface area contributed by atoms with Gasteiger partial charge in [-0.3, -0.25) is 4.98 Å². The molecule has 2 rings (SSSR count). The maximum absolute atomic E-state index is 5.94. The number of aromatic nitrogens is 1. The lowest BCUT2D eigenvalue weighted by Crippen LogP contribution is -1.88. The maximum Gasteiger partial charge on any atom is 0.0737 e. The lowest BCUT2D eigenvalue weighted by molar-refractivity contribution is 1.41. The molecule has 0 saturated heterocycles. The van der Waals surface area contributed by atoms with Crippen molar-refractivity contribution in [2.45, 2.75) is 0 Å². The van der Waals surface area contributed by atoms with Crippen molar-refractivity contribution in [1.29, 1.82) is 0 Å². The van der Waals surface area contributed by atoms with Gasteiger partial charge in [-0.2, -0.15) is 0 Å². The lowest BCUT2D eigenvalue weighted by Gasteiger charge is -2.01. The number of hydrogen-bond acceptors (Lipinski definition) is 2. The molecule has 13 heavy (non-hydrogen) atoms. The lowest BCUT2D eigenvalue weighted by atomic mass is 10.2. The van der Waals surface area contributed by atoms with Gasteiger partial charge in [-0.25, -0.2) is 0 Å². The molecule has 0 unspecified atom stereocenters. The van der Waals surface area contributed by atoms with E-state index in [4.69, 9.17) is 17.3 Å². The molecule has 0 aliphatic heterocycles. The highest BCUT2D eigenvalue weighted by Crippen LogP contribution is 2.26. The minimum absolute atomic E-state index is 0. The molecule has 0 aliphatic rings. The van der Waals surface area contributed by atoms with E-state index in [1.807, 2.05) is 18.2 Å². The molecule has 4 heteroatoms. The molecule has 0 fully saturated rings. The number of nitrogens with two attached hydrogens (primary N) is 1. The van der Waals surface area contributed by atoms with Crippen LogP contribution in [0.25, 0.3) is 10.9 Å². The minimum atomic E-state index is 0. The number of nitrogens with zero attached hydrogens (tertiary/aromatic N) is 1. The van der Waals surface area contributed by atoms with Gasteiger partial charge in [0.15, 0.2) is 0 Å². The highest BCUT2D eigenvalue weighted by atomic mass is 35.5. The molecule has 2 N–H and O–H groups in total. The number of anilines is 1. The van der Waals surface area contributed by atoms with Crippen LogP contribution in [0, 0.1) is 0 Å². The van der Waals surface area contributed by atoms with Crippen LogP contribution in [0.15, 0.2) is 30.5 Å². The standard InChI is InChI=1S/C9H7ClN2.ClH/c10-6-2-1-3-8-9(6)7(11)4-5-12-8;/h1-5H,(H2,11,12);1H. The Balaban J connectivity index is 0.000000845. The summed E-state index contributed by atoms with van der Waals surface area (Å²) in [4.78, 5) is 4.14. The Labute approximate surface area is 87.1 Å². The normalized spacial score (nSPS) is 9.62. The summed E-state index contributed by atoms with van der Waals surface area (Å²) in [6, 6.07) is 7.30. The van der Waals surface area contributed by atoms with Gasteiger partial charge in [0.1, 0.15) is 0 Å². The Hall–Kier alpha value is -0.990. The van der Waals surface area contributed by atoms with Crippen LogP contribution in [-0.4, -0.2) is 4.98 Å². The monoisotopic (exact) mass is 214 g/mol. The van der Waals surface area contributed by atoms with Gasteiger partial charge in [-0.15, -0.1) is 12.4 Å². The van der Waals surface area contributed by atoms with Crippen LogP contribution in [0.1, 0.15) is 0 Å². The Bertz CT molecular complexity index is 392. The van der Waals surface area contributed by atoms with Crippen LogP contribution in [-0.2, 0) is 0 Å². The van der Waals surface area contributed by atoms with Gasteiger partial charge >= 0.3 is 0 Å². The number of fused-ring (bicyclic) bond motifs is 1. The van der Waals surface area contributed by atoms with Gasteiger partial charge in [0.05, 0.1) is 10.5 Å². The zero-order valence-corrected chi connectivity index (χ0v) is 8.27. The first-order valence-electron chi connectivity index (χ1n) is 3.58. The second kappa shape index (κ2) is 3.81. The van der Waals surface area contributed by atoms with Crippen LogP contribution in [0.2, 0.25) is 5.02 Å². The molecule has 1 aromatic carbocycles. The number of nitrogen functional groups attached to an aromatic ring is 1. The van der Waals surface area contributed by atoms with E-state index in [0.29, 0.717) is 10.7 Å². The third-order valence-corrected chi connectivity index (χ3v) is 2.06. The minimum Gasteiger partial charge on any atom is -0.398 e. The molecule has 0 atom stereocenters. The van der Waals surface area contributed by atoms with Crippen LogP contribution in [0.4, 0.5) is 5.69 Å². The fourth-order valence-corrected chi connectivity index (χ4v) is 1.47. The summed E-state index contributed by atoms with van der Waals surface area (Å²) in [6.07, 6.45) is 1.67. The van der Waals surface area contributed by atoms with E-state index in [2.05, 4.69) is 4.98 Å². The second-order valence-electron chi connectivity index (χ2n) is 2.53. The third kappa shape index (κ3) is 1.69. The Morgan fingerprint density at radius 2 is 2.00 bits per heavy atom. The molecular formula is C9H8Cl2N2. The quantitative estimate of drug-likeness (QED) is 0.733. The van der Waals surface area contributed by atoms with Gasteiger partial charge in [0.25, 0.3) is 0 Å². The number of benzene rings is 1. The summed E-state index contributed by atoms with van der Waals surface area (Å²) in [7, 11) is 0. The first-order chi connectivity index (χ1) is 5.79. The van der Waals surface area contributed by atoms with Crippen molar-refractivity contribution in [3.8, 4) is 0 Å². The molecule has 0 aliphatic carbocycles. The summed E-state index contributed by atoms with van der Waals surface area (Å²) in [5, 5.41) is 1.49. The van der Waals surface area contributed by atoms with Crippen molar-refractivity contribution in [1.82, 2.24) is 4.98 Å². The fourth-order valence-electron chi connectivity index (χ4n) is 1.19. The Kier molecular flexibility index (Phi) is 2.96. The van der Waals surface area contributed by atoms with Gasteiger partial charge in [0, 0.05) is 17.3 Å². The number of pyridine rings is 1. The molecule has 0 spiro atoms. The van der Waals surface area contributed by atoms with Crippen LogP contribution in [0.3, 0.4) is 0 Å². The second-order valence-corrected chi connectivity index (χ2v) is 2.94. The average Bonchev–Trinajstić information content (AvgIpc) is 2.04. The summed E-state index contributed by atoms with van der Waals surface area (Å²) in [6.45, 7) is 0. The van der Waals surface area contributed by atoms with Crippen molar-refractivity contribution < 1.29 is 0 Å².